The Morgan fingerprint density at radius 3 is 2.20 bits per heavy atom. The fourth-order valence-electron chi connectivity index (χ4n) is 1.21. The zero-order valence-corrected chi connectivity index (χ0v) is 5.90. The first kappa shape index (κ1) is 7.94. The summed E-state index contributed by atoms with van der Waals surface area (Å²) in [5, 5.41) is 18.1. The molecular weight excluding hydrogens is 132 g/mol. The summed E-state index contributed by atoms with van der Waals surface area (Å²) in [7, 11) is 0. The van der Waals surface area contributed by atoms with Crippen LogP contribution in [0.4, 0.5) is 0 Å². The third-order valence-electron chi connectivity index (χ3n) is 1.78. The highest BCUT2D eigenvalue weighted by atomic mass is 16.3. The van der Waals surface area contributed by atoms with Crippen molar-refractivity contribution in [2.24, 2.45) is 5.73 Å². The molecule has 0 aromatic carbocycles. The van der Waals surface area contributed by atoms with E-state index < -0.39 is 12.2 Å². The minimum absolute atomic E-state index is 0.554. The predicted molar refractivity (Wildman–Crippen MR) is 37.5 cm³/mol. The molecule has 2 unspecified atom stereocenters. The Kier molecular flexibility index (Phi) is 2.62. The quantitative estimate of drug-likeness (QED) is 0.421. The van der Waals surface area contributed by atoms with Crippen molar-refractivity contribution >= 4 is 0 Å². The second kappa shape index (κ2) is 3.30. The molecule has 4 nitrogen and oxygen atoms in total. The third-order valence-corrected chi connectivity index (χ3v) is 1.78. The van der Waals surface area contributed by atoms with E-state index in [-0.39, 0.29) is 0 Å². The van der Waals surface area contributed by atoms with E-state index in [1.54, 1.807) is 0 Å². The standard InChI is InChI=1S/C6H14N2O2/c7-1-2-8-3-5(9)6(10)4-8/h5-6,9-10H,1-4,7H2. The van der Waals surface area contributed by atoms with Crippen molar-refractivity contribution in [2.75, 3.05) is 26.2 Å². The predicted octanol–water partition coefficient (Wildman–Crippen LogP) is -2.02. The van der Waals surface area contributed by atoms with Crippen LogP contribution >= 0.6 is 0 Å². The van der Waals surface area contributed by atoms with Crippen molar-refractivity contribution in [3.05, 3.63) is 0 Å². The van der Waals surface area contributed by atoms with Crippen molar-refractivity contribution in [1.29, 1.82) is 0 Å². The Bertz CT molecular complexity index is 99.9. The van der Waals surface area contributed by atoms with E-state index >= 15 is 0 Å². The van der Waals surface area contributed by atoms with Crippen LogP contribution < -0.4 is 5.73 Å². The molecule has 60 valence electrons. The number of aliphatic hydroxyl groups excluding tert-OH is 2. The Morgan fingerprint density at radius 1 is 1.30 bits per heavy atom. The number of hydrogen-bond acceptors (Lipinski definition) is 4. The van der Waals surface area contributed by atoms with Crippen LogP contribution in [0.5, 0.6) is 0 Å². The molecule has 0 amide bonds. The van der Waals surface area contributed by atoms with Crippen LogP contribution in [0.2, 0.25) is 0 Å². The fraction of sp³-hybridized carbons (Fsp3) is 1.00. The molecule has 0 bridgehead atoms. The molecule has 0 radical (unpaired) electrons. The van der Waals surface area contributed by atoms with E-state index in [1.807, 2.05) is 4.90 Å². The molecule has 0 aliphatic carbocycles. The molecule has 10 heavy (non-hydrogen) atoms. The van der Waals surface area contributed by atoms with Crippen LogP contribution in [0, 0.1) is 0 Å². The molecule has 4 heteroatoms. The Hall–Kier alpha value is -0.160. The third kappa shape index (κ3) is 1.67. The largest absolute Gasteiger partial charge is 0.389 e. The summed E-state index contributed by atoms with van der Waals surface area (Å²) in [5.74, 6) is 0. The van der Waals surface area contributed by atoms with E-state index in [0.29, 0.717) is 19.6 Å². The lowest BCUT2D eigenvalue weighted by Crippen LogP contribution is -2.28. The smallest absolute Gasteiger partial charge is 0.0938 e. The molecule has 0 aromatic heterocycles. The first-order valence-corrected chi connectivity index (χ1v) is 3.52. The number of nitrogens with two attached hydrogens (primary N) is 1. The topological polar surface area (TPSA) is 69.7 Å². The van der Waals surface area contributed by atoms with E-state index in [0.717, 1.165) is 6.54 Å². The van der Waals surface area contributed by atoms with Gasteiger partial charge >= 0.3 is 0 Å². The van der Waals surface area contributed by atoms with Crippen LogP contribution in [0.3, 0.4) is 0 Å². The highest BCUT2D eigenvalue weighted by Gasteiger charge is 2.28. The van der Waals surface area contributed by atoms with Crippen molar-refractivity contribution in [3.8, 4) is 0 Å². The second-order valence-corrected chi connectivity index (χ2v) is 2.68. The first-order chi connectivity index (χ1) is 4.74. The Morgan fingerprint density at radius 2 is 1.80 bits per heavy atom. The SMILES string of the molecule is NCCN1CC(O)C(O)C1. The van der Waals surface area contributed by atoms with Gasteiger partial charge in [0.25, 0.3) is 0 Å². The van der Waals surface area contributed by atoms with Crippen LogP contribution in [0.1, 0.15) is 0 Å². The van der Waals surface area contributed by atoms with E-state index in [2.05, 4.69) is 0 Å². The molecule has 1 aliphatic heterocycles. The zero-order valence-electron chi connectivity index (χ0n) is 5.90. The number of nitrogens with zero attached hydrogens (tertiary/aromatic N) is 1. The molecule has 0 aromatic rings. The minimum atomic E-state index is -0.577. The monoisotopic (exact) mass is 146 g/mol. The lowest BCUT2D eigenvalue weighted by molar-refractivity contribution is 0.0572. The molecule has 1 saturated heterocycles. The summed E-state index contributed by atoms with van der Waals surface area (Å²) >= 11 is 0. The number of rotatable bonds is 2. The normalized spacial score (nSPS) is 35.1. The van der Waals surface area contributed by atoms with Gasteiger partial charge in [-0.1, -0.05) is 0 Å². The molecule has 1 rings (SSSR count). The van der Waals surface area contributed by atoms with E-state index in [9.17, 15) is 0 Å². The summed E-state index contributed by atoms with van der Waals surface area (Å²) in [6.07, 6.45) is -1.15. The second-order valence-electron chi connectivity index (χ2n) is 2.68. The number of β-amino-alcohol motifs (C(OH)–C–C–N with tert-alkyl or cyclic N) is 2. The van der Waals surface area contributed by atoms with Crippen LogP contribution in [0.25, 0.3) is 0 Å². The molecule has 2 atom stereocenters. The number of aliphatic hydroxyl groups is 2. The van der Waals surface area contributed by atoms with E-state index in [1.165, 1.54) is 0 Å². The zero-order chi connectivity index (χ0) is 7.56. The van der Waals surface area contributed by atoms with Gasteiger partial charge in [-0.25, -0.2) is 0 Å². The van der Waals surface area contributed by atoms with Crippen LogP contribution in [0.15, 0.2) is 0 Å². The van der Waals surface area contributed by atoms with Crippen molar-refractivity contribution in [2.45, 2.75) is 12.2 Å². The van der Waals surface area contributed by atoms with Gasteiger partial charge in [0.1, 0.15) is 0 Å². The Balaban J connectivity index is 2.27. The van der Waals surface area contributed by atoms with Gasteiger partial charge in [-0.2, -0.15) is 0 Å². The maximum absolute atomic E-state index is 9.06. The first-order valence-electron chi connectivity index (χ1n) is 3.52. The van der Waals surface area contributed by atoms with Gasteiger partial charge in [-0.3, -0.25) is 4.90 Å². The van der Waals surface area contributed by atoms with Gasteiger partial charge in [-0.15, -0.1) is 0 Å². The van der Waals surface area contributed by atoms with Gasteiger partial charge in [0, 0.05) is 26.2 Å². The number of hydrogen-bond donors (Lipinski definition) is 3. The van der Waals surface area contributed by atoms with Gasteiger partial charge in [0.05, 0.1) is 12.2 Å². The molecule has 0 spiro atoms. The Labute approximate surface area is 60.2 Å². The average molecular weight is 146 g/mol. The van der Waals surface area contributed by atoms with E-state index in [4.69, 9.17) is 15.9 Å². The molecular formula is C6H14N2O2. The maximum atomic E-state index is 9.06. The molecule has 1 fully saturated rings. The highest BCUT2D eigenvalue weighted by Crippen LogP contribution is 2.07. The van der Waals surface area contributed by atoms with Gasteiger partial charge in [0.15, 0.2) is 0 Å². The van der Waals surface area contributed by atoms with Gasteiger partial charge < -0.3 is 15.9 Å². The average Bonchev–Trinajstić information content (AvgIpc) is 2.14. The molecule has 0 saturated carbocycles. The molecule has 1 aliphatic rings. The maximum Gasteiger partial charge on any atom is 0.0938 e. The van der Waals surface area contributed by atoms with Crippen molar-refractivity contribution in [1.82, 2.24) is 4.90 Å². The van der Waals surface area contributed by atoms with Crippen molar-refractivity contribution < 1.29 is 10.2 Å². The lowest BCUT2D eigenvalue weighted by Gasteiger charge is -2.11. The summed E-state index contributed by atoms with van der Waals surface area (Å²) in [6.45, 7) is 2.45. The minimum Gasteiger partial charge on any atom is -0.389 e. The number of likely N-dealkylation sites (tertiary alicyclic amines) is 1. The van der Waals surface area contributed by atoms with Gasteiger partial charge in [-0.05, 0) is 0 Å². The summed E-state index contributed by atoms with van der Waals surface area (Å²) in [4.78, 5) is 1.95. The lowest BCUT2D eigenvalue weighted by atomic mass is 10.3. The molecule has 1 heterocycles. The summed E-state index contributed by atoms with van der Waals surface area (Å²) < 4.78 is 0. The highest BCUT2D eigenvalue weighted by molar-refractivity contribution is 4.82. The fourth-order valence-corrected chi connectivity index (χ4v) is 1.21. The summed E-state index contributed by atoms with van der Waals surface area (Å²) in [6, 6.07) is 0. The van der Waals surface area contributed by atoms with Crippen LogP contribution in [-0.4, -0.2) is 53.5 Å². The van der Waals surface area contributed by atoms with Gasteiger partial charge in [0.2, 0.25) is 0 Å². The van der Waals surface area contributed by atoms with Crippen molar-refractivity contribution in [3.63, 3.8) is 0 Å². The van der Waals surface area contributed by atoms with Crippen LogP contribution in [-0.2, 0) is 0 Å². The molecule has 4 N–H and O–H groups in total. The summed E-state index contributed by atoms with van der Waals surface area (Å²) in [5.41, 5.74) is 5.29.